The second-order valence-corrected chi connectivity index (χ2v) is 7.54. The molecule has 25 heavy (non-hydrogen) atoms. The molecule has 1 aromatic carbocycles. The van der Waals surface area contributed by atoms with E-state index < -0.39 is 0 Å². The van der Waals surface area contributed by atoms with Crippen molar-refractivity contribution in [1.82, 2.24) is 14.7 Å². The van der Waals surface area contributed by atoms with Crippen molar-refractivity contribution >= 4 is 45.3 Å². The number of amides is 1. The van der Waals surface area contributed by atoms with Gasteiger partial charge in [-0.3, -0.25) is 4.68 Å². The molecule has 1 fully saturated rings. The van der Waals surface area contributed by atoms with Crippen LogP contribution in [0.2, 0.25) is 0 Å². The topological polar surface area (TPSA) is 59.4 Å². The lowest BCUT2D eigenvalue weighted by molar-refractivity contribution is 0.0928. The van der Waals surface area contributed by atoms with E-state index in [9.17, 15) is 4.79 Å². The summed E-state index contributed by atoms with van der Waals surface area (Å²) in [6.45, 7) is 4.11. The van der Waals surface area contributed by atoms with Crippen molar-refractivity contribution in [1.29, 1.82) is 0 Å². The Morgan fingerprint density at radius 2 is 2.16 bits per heavy atom. The third kappa shape index (κ3) is 4.37. The van der Waals surface area contributed by atoms with E-state index in [1.807, 2.05) is 16.6 Å². The van der Waals surface area contributed by atoms with E-state index in [0.29, 0.717) is 12.6 Å². The zero-order chi connectivity index (χ0) is 17.8. The first kappa shape index (κ1) is 18.3. The van der Waals surface area contributed by atoms with Gasteiger partial charge in [0.25, 0.3) is 0 Å². The summed E-state index contributed by atoms with van der Waals surface area (Å²) in [5.41, 5.74) is 2.24. The molecule has 3 rings (SSSR count). The van der Waals surface area contributed by atoms with Crippen molar-refractivity contribution in [3.63, 3.8) is 0 Å². The lowest BCUT2D eigenvalue weighted by atomic mass is 10.0. The Hall–Kier alpha value is -1.51. The molecule has 2 aromatic rings. The molecule has 1 aliphatic rings. The largest absolute Gasteiger partial charge is 0.449 e. The Morgan fingerprint density at radius 3 is 2.88 bits per heavy atom. The van der Waals surface area contributed by atoms with Gasteiger partial charge in [-0.25, -0.2) is 4.79 Å². The van der Waals surface area contributed by atoms with Crippen molar-refractivity contribution in [2.75, 3.05) is 25.0 Å². The van der Waals surface area contributed by atoms with Crippen LogP contribution in [-0.4, -0.2) is 46.5 Å². The van der Waals surface area contributed by atoms with E-state index in [0.717, 1.165) is 53.7 Å². The minimum absolute atomic E-state index is 0.169. The smallest absolute Gasteiger partial charge is 0.409 e. The molecule has 0 unspecified atom stereocenters. The number of aromatic nitrogens is 2. The van der Waals surface area contributed by atoms with Gasteiger partial charge in [-0.2, -0.15) is 5.10 Å². The number of halogens is 1. The number of unbranched alkanes of at least 4 members (excludes halogenated alkanes) is 1. The van der Waals surface area contributed by atoms with Gasteiger partial charge in [0, 0.05) is 37.3 Å². The number of carbonyl (C=O) groups excluding carboxylic acids is 1. The average Bonchev–Trinajstić information content (AvgIpc) is 2.89. The number of benzene rings is 1. The van der Waals surface area contributed by atoms with Crippen LogP contribution in [-0.2, 0) is 11.8 Å². The number of carbonyl (C=O) groups is 1. The number of rotatable bonds is 5. The minimum Gasteiger partial charge on any atom is -0.449 e. The number of nitrogens with zero attached hydrogens (tertiary/aromatic N) is 3. The van der Waals surface area contributed by atoms with Gasteiger partial charge in [0.15, 0.2) is 0 Å². The third-order valence-corrected chi connectivity index (χ3v) is 5.45. The Kier molecular flexibility index (Phi) is 6.03. The predicted octanol–water partition coefficient (Wildman–Crippen LogP) is 3.99. The molecule has 0 bridgehead atoms. The monoisotopic (exact) mass is 456 g/mol. The number of aryl methyl sites for hydroxylation is 1. The summed E-state index contributed by atoms with van der Waals surface area (Å²) in [6, 6.07) is 6.75. The Labute approximate surface area is 162 Å². The van der Waals surface area contributed by atoms with E-state index in [4.69, 9.17) is 4.74 Å². The standard InChI is InChI=1S/C18H25IN4O2/c1-3-4-11-25-18(24)23-9-7-13(8-10-23)20-14-5-6-15-16(12-14)22(2)21-17(15)19/h5-6,12-13,20H,3-4,7-11H2,1-2H3. The summed E-state index contributed by atoms with van der Waals surface area (Å²) in [4.78, 5) is 13.8. The van der Waals surface area contributed by atoms with Crippen molar-refractivity contribution in [2.24, 2.45) is 7.05 Å². The predicted molar refractivity (Wildman–Crippen MR) is 108 cm³/mol. The van der Waals surface area contributed by atoms with Gasteiger partial charge in [0.2, 0.25) is 0 Å². The molecule has 6 nitrogen and oxygen atoms in total. The van der Waals surface area contributed by atoms with Crippen molar-refractivity contribution in [3.05, 3.63) is 21.9 Å². The lowest BCUT2D eigenvalue weighted by Gasteiger charge is -2.32. The zero-order valence-corrected chi connectivity index (χ0v) is 17.0. The molecule has 0 radical (unpaired) electrons. The van der Waals surface area contributed by atoms with Crippen LogP contribution in [0.15, 0.2) is 18.2 Å². The van der Waals surface area contributed by atoms with E-state index in [-0.39, 0.29) is 6.09 Å². The van der Waals surface area contributed by atoms with E-state index in [2.05, 4.69) is 58.1 Å². The van der Waals surface area contributed by atoms with Crippen molar-refractivity contribution in [2.45, 2.75) is 38.6 Å². The lowest BCUT2D eigenvalue weighted by Crippen LogP contribution is -2.42. The Balaban J connectivity index is 1.54. The number of nitrogens with one attached hydrogen (secondary N) is 1. The van der Waals surface area contributed by atoms with Gasteiger partial charge in [0.1, 0.15) is 3.70 Å². The number of piperidine rings is 1. The Bertz CT molecular complexity index is 738. The number of likely N-dealkylation sites (tertiary alicyclic amines) is 1. The molecule has 1 aromatic heterocycles. The molecule has 0 spiro atoms. The van der Waals surface area contributed by atoms with Crippen LogP contribution in [0.25, 0.3) is 10.9 Å². The summed E-state index contributed by atoms with van der Waals surface area (Å²) in [6.07, 6.45) is 3.67. The van der Waals surface area contributed by atoms with E-state index in [1.165, 1.54) is 5.39 Å². The van der Waals surface area contributed by atoms with Crippen molar-refractivity contribution in [3.8, 4) is 0 Å². The average molecular weight is 456 g/mol. The van der Waals surface area contributed by atoms with Crippen LogP contribution in [0, 0.1) is 3.70 Å². The molecule has 1 amide bonds. The Morgan fingerprint density at radius 1 is 1.40 bits per heavy atom. The van der Waals surface area contributed by atoms with Crippen LogP contribution in [0.3, 0.4) is 0 Å². The van der Waals surface area contributed by atoms with Crippen LogP contribution in [0.5, 0.6) is 0 Å². The third-order valence-electron chi connectivity index (χ3n) is 4.65. The van der Waals surface area contributed by atoms with Gasteiger partial charge in [-0.1, -0.05) is 13.3 Å². The van der Waals surface area contributed by atoms with Crippen molar-refractivity contribution < 1.29 is 9.53 Å². The molecule has 2 heterocycles. The minimum atomic E-state index is -0.169. The van der Waals surface area contributed by atoms with E-state index in [1.54, 1.807) is 0 Å². The molecule has 1 saturated heterocycles. The maximum atomic E-state index is 12.0. The highest BCUT2D eigenvalue weighted by Crippen LogP contribution is 2.25. The number of hydrogen-bond donors (Lipinski definition) is 1. The van der Waals surface area contributed by atoms with E-state index >= 15 is 0 Å². The first-order chi connectivity index (χ1) is 12.1. The fourth-order valence-electron chi connectivity index (χ4n) is 3.14. The van der Waals surface area contributed by atoms with Crippen LogP contribution < -0.4 is 5.32 Å². The van der Waals surface area contributed by atoms with Crippen LogP contribution in [0.1, 0.15) is 32.6 Å². The normalized spacial score (nSPS) is 15.6. The van der Waals surface area contributed by atoms with Crippen LogP contribution >= 0.6 is 22.6 Å². The maximum absolute atomic E-state index is 12.0. The first-order valence-corrected chi connectivity index (χ1v) is 9.97. The molecular formula is C18H25IN4O2. The van der Waals surface area contributed by atoms with Gasteiger partial charge in [0.05, 0.1) is 12.1 Å². The van der Waals surface area contributed by atoms with Gasteiger partial charge >= 0.3 is 6.09 Å². The molecule has 1 N–H and O–H groups in total. The van der Waals surface area contributed by atoms with Gasteiger partial charge in [-0.05, 0) is 60.1 Å². The quantitative estimate of drug-likeness (QED) is 0.546. The number of fused-ring (bicyclic) bond motifs is 1. The zero-order valence-electron chi connectivity index (χ0n) is 14.8. The fraction of sp³-hybridized carbons (Fsp3) is 0.556. The highest BCUT2D eigenvalue weighted by molar-refractivity contribution is 14.1. The maximum Gasteiger partial charge on any atom is 0.409 e. The molecule has 0 atom stereocenters. The molecule has 136 valence electrons. The SMILES string of the molecule is CCCCOC(=O)N1CCC(Nc2ccc3c(I)nn(C)c3c2)CC1. The summed E-state index contributed by atoms with van der Waals surface area (Å²) in [7, 11) is 1.97. The summed E-state index contributed by atoms with van der Waals surface area (Å²) < 4.78 is 8.23. The van der Waals surface area contributed by atoms with Gasteiger partial charge < -0.3 is 15.0 Å². The second-order valence-electron chi connectivity index (χ2n) is 6.52. The summed E-state index contributed by atoms with van der Waals surface area (Å²) in [5.74, 6) is 0. The number of anilines is 1. The molecule has 7 heteroatoms. The summed E-state index contributed by atoms with van der Waals surface area (Å²) in [5, 5.41) is 9.23. The number of ether oxygens (including phenoxy) is 1. The van der Waals surface area contributed by atoms with Gasteiger partial charge in [-0.15, -0.1) is 0 Å². The fourth-order valence-corrected chi connectivity index (χ4v) is 3.92. The molecule has 1 aliphatic heterocycles. The highest BCUT2D eigenvalue weighted by Gasteiger charge is 2.23. The van der Waals surface area contributed by atoms with Crippen LogP contribution in [0.4, 0.5) is 10.5 Å². The second kappa shape index (κ2) is 8.25. The summed E-state index contributed by atoms with van der Waals surface area (Å²) >= 11 is 2.26. The molecule has 0 saturated carbocycles. The highest BCUT2D eigenvalue weighted by atomic mass is 127. The molecule has 0 aliphatic carbocycles. The first-order valence-electron chi connectivity index (χ1n) is 8.89. The number of hydrogen-bond acceptors (Lipinski definition) is 4. The molecular weight excluding hydrogens is 431 g/mol.